The van der Waals surface area contributed by atoms with E-state index in [9.17, 15) is 9.59 Å². The molecule has 4 heteroatoms. The standard InChI is InChI=1S/C18H24O3.Zn/c1-17(2)9-10-18(3,4)14-11-12(5-6-13(14)17)15(19)7-8-16(20)21;/h5-6,11H,7-10H2,1-4H3,(H,20,21);. The molecule has 0 aliphatic heterocycles. The smallest absolute Gasteiger partial charge is 0.303 e. The third kappa shape index (κ3) is 3.84. The molecule has 0 radical (unpaired) electrons. The van der Waals surface area contributed by atoms with Gasteiger partial charge in [-0.1, -0.05) is 39.8 Å². The second-order valence-electron chi connectivity index (χ2n) is 7.35. The van der Waals surface area contributed by atoms with Gasteiger partial charge in [-0.25, -0.2) is 0 Å². The monoisotopic (exact) mass is 352 g/mol. The normalized spacial score (nSPS) is 18.0. The van der Waals surface area contributed by atoms with Crippen LogP contribution in [0.4, 0.5) is 0 Å². The zero-order valence-electron chi connectivity index (χ0n) is 14.0. The van der Waals surface area contributed by atoms with Crippen molar-refractivity contribution in [1.29, 1.82) is 0 Å². The fraction of sp³-hybridized carbons (Fsp3) is 0.556. The van der Waals surface area contributed by atoms with Crippen molar-refractivity contribution >= 4 is 11.8 Å². The number of benzene rings is 1. The Morgan fingerprint density at radius 1 is 1.00 bits per heavy atom. The summed E-state index contributed by atoms with van der Waals surface area (Å²) in [6, 6.07) is 5.90. The van der Waals surface area contributed by atoms with E-state index in [0.717, 1.165) is 12.8 Å². The molecule has 0 fully saturated rings. The van der Waals surface area contributed by atoms with Gasteiger partial charge in [-0.15, -0.1) is 0 Å². The van der Waals surface area contributed by atoms with Gasteiger partial charge < -0.3 is 5.11 Å². The van der Waals surface area contributed by atoms with Crippen molar-refractivity contribution < 1.29 is 34.2 Å². The second kappa shape index (κ2) is 6.62. The van der Waals surface area contributed by atoms with Gasteiger partial charge in [0, 0.05) is 31.5 Å². The number of aliphatic carboxylic acids is 1. The van der Waals surface area contributed by atoms with Crippen molar-refractivity contribution in [2.24, 2.45) is 0 Å². The average molecular weight is 354 g/mol. The van der Waals surface area contributed by atoms with E-state index in [2.05, 4.69) is 33.8 Å². The molecule has 116 valence electrons. The maximum atomic E-state index is 12.1. The van der Waals surface area contributed by atoms with Crippen LogP contribution in [-0.2, 0) is 35.1 Å². The SMILES string of the molecule is CC1(C)CCC(C)(C)c2cc(C(=O)CCC(=O)O)ccc21.[Zn]. The predicted octanol–water partition coefficient (Wildman–Crippen LogP) is 4.08. The number of carbonyl (C=O) groups is 2. The molecule has 0 atom stereocenters. The van der Waals surface area contributed by atoms with Crippen molar-refractivity contribution in [3.8, 4) is 0 Å². The van der Waals surface area contributed by atoms with Gasteiger partial charge in [-0.2, -0.15) is 0 Å². The molecular formula is C18H24O3Zn. The summed E-state index contributed by atoms with van der Waals surface area (Å²) < 4.78 is 0. The zero-order chi connectivity index (χ0) is 15.8. The van der Waals surface area contributed by atoms with Crippen LogP contribution in [0.25, 0.3) is 0 Å². The Morgan fingerprint density at radius 2 is 1.55 bits per heavy atom. The van der Waals surface area contributed by atoms with Gasteiger partial charge in [-0.05, 0) is 40.9 Å². The molecule has 1 aliphatic carbocycles. The Kier molecular flexibility index (Phi) is 5.73. The number of Topliss-reactive ketones (excluding diaryl/α,β-unsaturated/α-hetero) is 1. The van der Waals surface area contributed by atoms with Gasteiger partial charge in [0.25, 0.3) is 0 Å². The van der Waals surface area contributed by atoms with Crippen molar-refractivity contribution in [3.05, 3.63) is 34.9 Å². The minimum absolute atomic E-state index is 0. The molecule has 1 N–H and O–H groups in total. The molecule has 1 aromatic carbocycles. The van der Waals surface area contributed by atoms with Gasteiger partial charge in [0.1, 0.15) is 0 Å². The van der Waals surface area contributed by atoms with Crippen molar-refractivity contribution in [2.75, 3.05) is 0 Å². The van der Waals surface area contributed by atoms with Gasteiger partial charge >= 0.3 is 5.97 Å². The van der Waals surface area contributed by atoms with Crippen LogP contribution in [0.3, 0.4) is 0 Å². The molecule has 0 unspecified atom stereocenters. The molecule has 1 aliphatic rings. The first-order valence-electron chi connectivity index (χ1n) is 7.53. The summed E-state index contributed by atoms with van der Waals surface area (Å²) in [5.74, 6) is -1.01. The number of ketones is 1. The number of carboxylic acid groups (broad SMARTS) is 1. The summed E-state index contributed by atoms with van der Waals surface area (Å²) in [5, 5.41) is 8.70. The minimum Gasteiger partial charge on any atom is -0.481 e. The van der Waals surface area contributed by atoms with Crippen molar-refractivity contribution in [2.45, 2.75) is 64.2 Å². The Labute approximate surface area is 145 Å². The first-order valence-corrected chi connectivity index (χ1v) is 7.53. The zero-order valence-corrected chi connectivity index (χ0v) is 17.0. The summed E-state index contributed by atoms with van der Waals surface area (Å²) in [6.07, 6.45) is 2.20. The third-order valence-electron chi connectivity index (χ3n) is 4.74. The van der Waals surface area contributed by atoms with E-state index >= 15 is 0 Å². The summed E-state index contributed by atoms with van der Waals surface area (Å²) in [4.78, 5) is 22.7. The molecule has 0 spiro atoms. The largest absolute Gasteiger partial charge is 0.481 e. The van der Waals surface area contributed by atoms with E-state index in [1.165, 1.54) is 11.1 Å². The van der Waals surface area contributed by atoms with Crippen LogP contribution >= 0.6 is 0 Å². The fourth-order valence-corrected chi connectivity index (χ4v) is 3.13. The summed E-state index contributed by atoms with van der Waals surface area (Å²) in [7, 11) is 0. The predicted molar refractivity (Wildman–Crippen MR) is 82.9 cm³/mol. The van der Waals surface area contributed by atoms with Crippen LogP contribution in [0, 0.1) is 0 Å². The summed E-state index contributed by atoms with van der Waals surface area (Å²) in [6.45, 7) is 8.92. The average Bonchev–Trinajstić information content (AvgIpc) is 2.41. The number of hydrogen-bond donors (Lipinski definition) is 1. The summed E-state index contributed by atoms with van der Waals surface area (Å²) in [5.41, 5.74) is 3.38. The molecule has 0 saturated carbocycles. The molecule has 0 heterocycles. The van der Waals surface area contributed by atoms with E-state index in [1.807, 2.05) is 12.1 Å². The van der Waals surface area contributed by atoms with Crippen LogP contribution in [0.5, 0.6) is 0 Å². The third-order valence-corrected chi connectivity index (χ3v) is 4.74. The topological polar surface area (TPSA) is 54.4 Å². The van der Waals surface area contributed by atoms with Crippen LogP contribution in [0.1, 0.15) is 74.9 Å². The van der Waals surface area contributed by atoms with E-state index in [-0.39, 0.29) is 48.9 Å². The number of hydrogen-bond acceptors (Lipinski definition) is 2. The quantitative estimate of drug-likeness (QED) is 0.655. The van der Waals surface area contributed by atoms with Crippen molar-refractivity contribution in [1.82, 2.24) is 0 Å². The second-order valence-corrected chi connectivity index (χ2v) is 7.35. The Bertz CT molecular complexity index is 588. The summed E-state index contributed by atoms with van der Waals surface area (Å²) >= 11 is 0. The molecule has 0 amide bonds. The molecule has 1 aromatic rings. The van der Waals surface area contributed by atoms with Gasteiger partial charge in [-0.3, -0.25) is 9.59 Å². The Balaban J connectivity index is 0.00000242. The van der Waals surface area contributed by atoms with Crippen LogP contribution in [-0.4, -0.2) is 16.9 Å². The fourth-order valence-electron chi connectivity index (χ4n) is 3.13. The molecule has 0 bridgehead atoms. The maximum Gasteiger partial charge on any atom is 0.303 e. The van der Waals surface area contributed by atoms with E-state index < -0.39 is 5.97 Å². The van der Waals surface area contributed by atoms with E-state index in [1.54, 1.807) is 0 Å². The number of fused-ring (bicyclic) bond motifs is 1. The molecule has 0 saturated heterocycles. The van der Waals surface area contributed by atoms with E-state index in [4.69, 9.17) is 5.11 Å². The first-order chi connectivity index (χ1) is 9.63. The van der Waals surface area contributed by atoms with Gasteiger partial charge in [0.2, 0.25) is 0 Å². The number of carbonyl (C=O) groups excluding carboxylic acids is 1. The molecule has 3 nitrogen and oxygen atoms in total. The first kappa shape index (κ1) is 19.0. The number of rotatable bonds is 4. The Morgan fingerprint density at radius 3 is 2.09 bits per heavy atom. The van der Waals surface area contributed by atoms with Gasteiger partial charge in [0.05, 0.1) is 6.42 Å². The van der Waals surface area contributed by atoms with Crippen LogP contribution in [0.2, 0.25) is 0 Å². The van der Waals surface area contributed by atoms with E-state index in [0.29, 0.717) is 5.56 Å². The molecule has 2 rings (SSSR count). The molecule has 0 aromatic heterocycles. The minimum atomic E-state index is -0.928. The number of carboxylic acids is 1. The Hall–Kier alpha value is -1.02. The molecular weight excluding hydrogens is 330 g/mol. The van der Waals surface area contributed by atoms with Crippen LogP contribution in [0.15, 0.2) is 18.2 Å². The maximum absolute atomic E-state index is 12.1. The van der Waals surface area contributed by atoms with Crippen molar-refractivity contribution in [3.63, 3.8) is 0 Å². The van der Waals surface area contributed by atoms with Crippen LogP contribution < -0.4 is 0 Å². The van der Waals surface area contributed by atoms with Gasteiger partial charge in [0.15, 0.2) is 5.78 Å². The molecule has 22 heavy (non-hydrogen) atoms.